The van der Waals surface area contributed by atoms with Crippen molar-refractivity contribution in [3.63, 3.8) is 0 Å². The molecule has 5 nitrogen and oxygen atoms in total. The van der Waals surface area contributed by atoms with E-state index >= 15 is 0 Å². The summed E-state index contributed by atoms with van der Waals surface area (Å²) < 4.78 is 15.7. The van der Waals surface area contributed by atoms with Crippen molar-refractivity contribution in [2.45, 2.75) is 31.0 Å². The maximum absolute atomic E-state index is 12.0. The monoisotopic (exact) mass is 238 g/mol. The fraction of sp³-hybridized carbons (Fsp3) is 0.667. The highest BCUT2D eigenvalue weighted by Gasteiger charge is 2.67. The Morgan fingerprint density at radius 1 is 1.65 bits per heavy atom. The topological polar surface area (TPSA) is 61.8 Å². The number of carbonyl (C=O) groups is 2. The van der Waals surface area contributed by atoms with Gasteiger partial charge in [0.25, 0.3) is 0 Å². The third-order valence-corrected chi connectivity index (χ3v) is 4.09. The molecule has 0 radical (unpaired) electrons. The van der Waals surface area contributed by atoms with Crippen LogP contribution in [0, 0.1) is 5.41 Å². The maximum Gasteiger partial charge on any atom is 0.316 e. The van der Waals surface area contributed by atoms with Gasteiger partial charge in [0.05, 0.1) is 19.6 Å². The second-order valence-electron chi connectivity index (χ2n) is 4.85. The minimum absolute atomic E-state index is 0.0272. The van der Waals surface area contributed by atoms with Gasteiger partial charge in [-0.05, 0) is 18.9 Å². The van der Waals surface area contributed by atoms with E-state index in [4.69, 9.17) is 9.47 Å². The van der Waals surface area contributed by atoms with Gasteiger partial charge in [0.15, 0.2) is 0 Å². The Hall–Kier alpha value is -1.36. The number of cyclic esters (lactones) is 1. The molecule has 0 aromatic rings. The maximum atomic E-state index is 12.0. The first-order chi connectivity index (χ1) is 8.12. The van der Waals surface area contributed by atoms with Gasteiger partial charge in [0.2, 0.25) is 0 Å². The van der Waals surface area contributed by atoms with Crippen LogP contribution in [0.25, 0.3) is 0 Å². The van der Waals surface area contributed by atoms with Crippen LogP contribution in [0.4, 0.5) is 0 Å². The number of ether oxygens (including phenoxy) is 3. The lowest BCUT2D eigenvalue weighted by Crippen LogP contribution is -2.53. The molecule has 3 atom stereocenters. The minimum Gasteiger partial charge on any atom is -0.469 e. The lowest BCUT2D eigenvalue weighted by atomic mass is 9.68. The zero-order valence-corrected chi connectivity index (χ0v) is 9.60. The highest BCUT2D eigenvalue weighted by molar-refractivity contribution is 5.87. The highest BCUT2D eigenvalue weighted by Crippen LogP contribution is 2.55. The van der Waals surface area contributed by atoms with Gasteiger partial charge in [-0.25, -0.2) is 0 Å². The van der Waals surface area contributed by atoms with E-state index in [1.807, 2.05) is 12.2 Å². The van der Waals surface area contributed by atoms with E-state index < -0.39 is 17.0 Å². The number of fused-ring (bicyclic) bond motifs is 1. The van der Waals surface area contributed by atoms with Crippen LogP contribution in [0.1, 0.15) is 19.3 Å². The van der Waals surface area contributed by atoms with Gasteiger partial charge in [-0.1, -0.05) is 6.08 Å². The summed E-state index contributed by atoms with van der Waals surface area (Å²) in [6.07, 6.45) is 5.28. The molecule has 2 fully saturated rings. The Bertz CT molecular complexity index is 415. The van der Waals surface area contributed by atoms with Gasteiger partial charge in [0, 0.05) is 0 Å². The first-order valence-electron chi connectivity index (χ1n) is 5.73. The first kappa shape index (κ1) is 10.8. The summed E-state index contributed by atoms with van der Waals surface area (Å²) in [7, 11) is 1.32. The summed E-state index contributed by atoms with van der Waals surface area (Å²) in [5, 5.41) is 0. The predicted molar refractivity (Wildman–Crippen MR) is 56.0 cm³/mol. The number of hydrogen-bond donors (Lipinski definition) is 0. The molecule has 0 aromatic heterocycles. The van der Waals surface area contributed by atoms with E-state index in [0.29, 0.717) is 6.42 Å². The summed E-state index contributed by atoms with van der Waals surface area (Å²) in [5.41, 5.74) is -1.63. The number of hydrogen-bond acceptors (Lipinski definition) is 5. The number of rotatable bonds is 2. The lowest BCUT2D eigenvalue weighted by Gasteiger charge is -2.41. The Morgan fingerprint density at radius 2 is 2.47 bits per heavy atom. The van der Waals surface area contributed by atoms with E-state index in [1.165, 1.54) is 7.11 Å². The largest absolute Gasteiger partial charge is 0.469 e. The van der Waals surface area contributed by atoms with Crippen LogP contribution >= 0.6 is 0 Å². The quantitative estimate of drug-likeness (QED) is 0.520. The smallest absolute Gasteiger partial charge is 0.316 e. The van der Waals surface area contributed by atoms with Crippen LogP contribution < -0.4 is 0 Å². The fourth-order valence-electron chi connectivity index (χ4n) is 3.07. The van der Waals surface area contributed by atoms with E-state index in [2.05, 4.69) is 4.74 Å². The lowest BCUT2D eigenvalue weighted by molar-refractivity contribution is -0.168. The standard InChI is InChI=1S/C12H14O5/c1-15-9(13)6-11-4-2-8-3-5-12(11,17-8)7-16-10(11)14/h3,5,8H,2,4,6-7H2,1H3/t8-,11+,12+/m1/s1. The highest BCUT2D eigenvalue weighted by atomic mass is 16.6. The Labute approximate surface area is 98.7 Å². The normalized spacial score (nSPS) is 42.2. The fourth-order valence-corrected chi connectivity index (χ4v) is 3.07. The predicted octanol–water partition coefficient (Wildman–Crippen LogP) is 0.580. The van der Waals surface area contributed by atoms with Gasteiger partial charge < -0.3 is 14.2 Å². The van der Waals surface area contributed by atoms with Crippen LogP contribution in [0.5, 0.6) is 0 Å². The second-order valence-corrected chi connectivity index (χ2v) is 4.85. The molecule has 0 unspecified atom stereocenters. The number of carbonyl (C=O) groups excluding carboxylic acids is 2. The van der Waals surface area contributed by atoms with Crippen molar-refractivity contribution < 1.29 is 23.8 Å². The van der Waals surface area contributed by atoms with Gasteiger partial charge in [0.1, 0.15) is 17.6 Å². The van der Waals surface area contributed by atoms with Crippen LogP contribution in [0.2, 0.25) is 0 Å². The van der Waals surface area contributed by atoms with Crippen molar-refractivity contribution in [2.24, 2.45) is 5.41 Å². The molecule has 2 bridgehead atoms. The van der Waals surface area contributed by atoms with E-state index in [1.54, 1.807) is 0 Å². The second kappa shape index (κ2) is 3.32. The van der Waals surface area contributed by atoms with E-state index in [-0.39, 0.29) is 25.1 Å². The molecule has 2 saturated heterocycles. The average Bonchev–Trinajstić information content (AvgIpc) is 2.83. The van der Waals surface area contributed by atoms with Crippen molar-refractivity contribution in [1.29, 1.82) is 0 Å². The molecule has 3 rings (SSSR count). The van der Waals surface area contributed by atoms with Crippen molar-refractivity contribution in [3.8, 4) is 0 Å². The third kappa shape index (κ3) is 1.23. The molecule has 3 heterocycles. The molecule has 3 aliphatic heterocycles. The zero-order chi connectivity index (χ0) is 12.1. The van der Waals surface area contributed by atoms with E-state index in [0.717, 1.165) is 6.42 Å². The molecule has 5 heteroatoms. The summed E-state index contributed by atoms with van der Waals surface area (Å²) in [6.45, 7) is 0.204. The van der Waals surface area contributed by atoms with Gasteiger partial charge in [-0.3, -0.25) is 9.59 Å². The summed E-state index contributed by atoms with van der Waals surface area (Å²) >= 11 is 0. The number of methoxy groups -OCH3 is 1. The molecule has 92 valence electrons. The third-order valence-electron chi connectivity index (χ3n) is 4.09. The van der Waals surface area contributed by atoms with Crippen LogP contribution in [0.15, 0.2) is 12.2 Å². The zero-order valence-electron chi connectivity index (χ0n) is 9.60. The van der Waals surface area contributed by atoms with Crippen molar-refractivity contribution in [1.82, 2.24) is 0 Å². The summed E-state index contributed by atoms with van der Waals surface area (Å²) in [5.74, 6) is -0.738. The van der Waals surface area contributed by atoms with Gasteiger partial charge in [-0.15, -0.1) is 0 Å². The summed E-state index contributed by atoms with van der Waals surface area (Å²) in [6, 6.07) is 0. The van der Waals surface area contributed by atoms with Crippen LogP contribution in [0.3, 0.4) is 0 Å². The Balaban J connectivity index is 2.00. The molecule has 0 amide bonds. The molecular weight excluding hydrogens is 224 g/mol. The van der Waals surface area contributed by atoms with Crippen molar-refractivity contribution in [2.75, 3.05) is 13.7 Å². The molecule has 0 aliphatic carbocycles. The van der Waals surface area contributed by atoms with Gasteiger partial charge >= 0.3 is 11.9 Å². The number of esters is 2. The molecule has 0 saturated carbocycles. The SMILES string of the molecule is COC(=O)C[C@]12CC[C@@H]3C=C[C@@]1(COC2=O)O3. The molecule has 17 heavy (non-hydrogen) atoms. The van der Waals surface area contributed by atoms with Crippen molar-refractivity contribution in [3.05, 3.63) is 12.2 Å². The summed E-state index contributed by atoms with van der Waals surface area (Å²) in [4.78, 5) is 23.5. The Kier molecular flexibility index (Phi) is 2.10. The molecular formula is C12H14O5. The molecule has 1 spiro atoms. The van der Waals surface area contributed by atoms with Crippen LogP contribution in [-0.2, 0) is 23.8 Å². The van der Waals surface area contributed by atoms with Gasteiger partial charge in [-0.2, -0.15) is 0 Å². The van der Waals surface area contributed by atoms with Crippen LogP contribution in [-0.4, -0.2) is 37.4 Å². The molecule has 0 N–H and O–H groups in total. The first-order valence-corrected chi connectivity index (χ1v) is 5.73. The Morgan fingerprint density at radius 3 is 3.24 bits per heavy atom. The van der Waals surface area contributed by atoms with E-state index in [9.17, 15) is 9.59 Å². The molecule has 0 aromatic carbocycles. The average molecular weight is 238 g/mol. The van der Waals surface area contributed by atoms with Crippen molar-refractivity contribution >= 4 is 11.9 Å². The minimum atomic E-state index is -0.885. The molecule has 3 aliphatic rings.